The number of amides is 2. The molecule has 3 rings (SSSR count). The Kier molecular flexibility index (Phi) is 4.90. The number of nitrogens with one attached hydrogen (secondary N) is 1. The monoisotopic (exact) mass is 335 g/mol. The van der Waals surface area contributed by atoms with Crippen LogP contribution < -0.4 is 10.1 Å². The topological polar surface area (TPSA) is 65.4 Å². The van der Waals surface area contributed by atoms with Crippen molar-refractivity contribution >= 4 is 11.7 Å². The predicted molar refractivity (Wildman–Crippen MR) is 96.6 cm³/mol. The average molecular weight is 335 g/mol. The summed E-state index contributed by atoms with van der Waals surface area (Å²) in [6.45, 7) is 1.11. The number of nitriles is 1. The first-order chi connectivity index (χ1) is 12.2. The molecule has 1 aliphatic rings. The molecule has 0 unspecified atom stereocenters. The number of carbonyl (C=O) groups excluding carboxylic acids is 1. The van der Waals surface area contributed by atoms with Gasteiger partial charge in [0.05, 0.1) is 18.6 Å². The van der Waals surface area contributed by atoms with E-state index in [0.717, 1.165) is 5.56 Å². The number of hydrogen-bond acceptors (Lipinski definition) is 3. The minimum absolute atomic E-state index is 0.146. The number of hydrogen-bond donors (Lipinski definition) is 1. The third-order valence-corrected chi connectivity index (χ3v) is 4.77. The van der Waals surface area contributed by atoms with E-state index in [-0.39, 0.29) is 6.03 Å². The van der Waals surface area contributed by atoms with Crippen molar-refractivity contribution in [1.29, 1.82) is 5.26 Å². The molecule has 5 heteroatoms. The first-order valence-corrected chi connectivity index (χ1v) is 8.34. The van der Waals surface area contributed by atoms with Crippen molar-refractivity contribution in [2.45, 2.75) is 18.3 Å². The van der Waals surface area contributed by atoms with Crippen LogP contribution in [0.3, 0.4) is 0 Å². The fraction of sp³-hybridized carbons (Fsp3) is 0.300. The highest BCUT2D eigenvalue weighted by molar-refractivity contribution is 5.89. The number of anilines is 1. The Morgan fingerprint density at radius 1 is 1.16 bits per heavy atom. The average Bonchev–Trinajstić information content (AvgIpc) is 2.69. The van der Waals surface area contributed by atoms with Crippen LogP contribution >= 0.6 is 0 Å². The lowest BCUT2D eigenvalue weighted by molar-refractivity contribution is 0.183. The van der Waals surface area contributed by atoms with Gasteiger partial charge in [0.1, 0.15) is 5.75 Å². The van der Waals surface area contributed by atoms with Gasteiger partial charge < -0.3 is 15.0 Å². The van der Waals surface area contributed by atoms with Crippen molar-refractivity contribution in [1.82, 2.24) is 4.90 Å². The number of methoxy groups -OCH3 is 1. The van der Waals surface area contributed by atoms with Gasteiger partial charge in [0, 0.05) is 24.8 Å². The van der Waals surface area contributed by atoms with Gasteiger partial charge in [0.25, 0.3) is 0 Å². The standard InChI is InChI=1S/C20H21N3O2/c1-25-18-9-5-8-17(14-18)22-19(24)23-12-10-20(15-21,11-13-23)16-6-3-2-4-7-16/h2-9,14H,10-13H2,1H3,(H,22,24). The number of piperidine rings is 1. The van der Waals surface area contributed by atoms with E-state index >= 15 is 0 Å². The quantitative estimate of drug-likeness (QED) is 0.928. The maximum absolute atomic E-state index is 12.5. The van der Waals surface area contributed by atoms with Crippen LogP contribution in [-0.4, -0.2) is 31.1 Å². The van der Waals surface area contributed by atoms with Crippen LogP contribution in [-0.2, 0) is 5.41 Å². The molecule has 1 aliphatic heterocycles. The second-order valence-corrected chi connectivity index (χ2v) is 6.21. The summed E-state index contributed by atoms with van der Waals surface area (Å²) in [4.78, 5) is 14.3. The van der Waals surface area contributed by atoms with Crippen LogP contribution in [0.1, 0.15) is 18.4 Å². The Morgan fingerprint density at radius 3 is 2.52 bits per heavy atom. The number of rotatable bonds is 3. The number of benzene rings is 2. The first kappa shape index (κ1) is 16.8. The van der Waals surface area contributed by atoms with Crippen LogP contribution in [0.4, 0.5) is 10.5 Å². The van der Waals surface area contributed by atoms with E-state index in [1.807, 2.05) is 48.5 Å². The van der Waals surface area contributed by atoms with E-state index in [4.69, 9.17) is 4.74 Å². The van der Waals surface area contributed by atoms with Gasteiger partial charge in [-0.1, -0.05) is 36.4 Å². The number of carbonyl (C=O) groups is 1. The van der Waals surface area contributed by atoms with Crippen molar-refractivity contribution in [2.75, 3.05) is 25.5 Å². The SMILES string of the molecule is COc1cccc(NC(=O)N2CCC(C#N)(c3ccccc3)CC2)c1. The second-order valence-electron chi connectivity index (χ2n) is 6.21. The molecular formula is C20H21N3O2. The molecule has 0 saturated carbocycles. The van der Waals surface area contributed by atoms with Gasteiger partial charge in [-0.3, -0.25) is 0 Å². The lowest BCUT2D eigenvalue weighted by Crippen LogP contribution is -2.46. The molecule has 1 fully saturated rings. The van der Waals surface area contributed by atoms with E-state index in [1.165, 1.54) is 0 Å². The van der Waals surface area contributed by atoms with Gasteiger partial charge in [-0.2, -0.15) is 5.26 Å². The van der Waals surface area contributed by atoms with Crippen molar-refractivity contribution < 1.29 is 9.53 Å². The maximum atomic E-state index is 12.5. The minimum atomic E-state index is -0.506. The minimum Gasteiger partial charge on any atom is -0.497 e. The van der Waals surface area contributed by atoms with E-state index in [2.05, 4.69) is 11.4 Å². The van der Waals surface area contributed by atoms with E-state index in [9.17, 15) is 10.1 Å². The zero-order valence-electron chi connectivity index (χ0n) is 14.2. The molecule has 2 aromatic rings. The summed E-state index contributed by atoms with van der Waals surface area (Å²) in [5, 5.41) is 12.6. The molecule has 1 heterocycles. The second kappa shape index (κ2) is 7.27. The van der Waals surface area contributed by atoms with Gasteiger partial charge in [-0.05, 0) is 30.5 Å². The molecule has 0 atom stereocenters. The van der Waals surface area contributed by atoms with Gasteiger partial charge in [0.2, 0.25) is 0 Å². The summed E-state index contributed by atoms with van der Waals surface area (Å²) in [5.41, 5.74) is 1.23. The Labute approximate surface area is 147 Å². The highest BCUT2D eigenvalue weighted by Gasteiger charge is 2.37. The normalized spacial score (nSPS) is 15.9. The molecular weight excluding hydrogens is 314 g/mol. The fourth-order valence-corrected chi connectivity index (χ4v) is 3.22. The molecule has 1 saturated heterocycles. The zero-order chi connectivity index (χ0) is 17.7. The molecule has 0 spiro atoms. The molecule has 128 valence electrons. The number of urea groups is 1. The highest BCUT2D eigenvalue weighted by atomic mass is 16.5. The van der Waals surface area contributed by atoms with Crippen molar-refractivity contribution in [3.05, 3.63) is 60.2 Å². The summed E-state index contributed by atoms with van der Waals surface area (Å²) < 4.78 is 5.17. The van der Waals surface area contributed by atoms with Gasteiger partial charge in [-0.15, -0.1) is 0 Å². The largest absolute Gasteiger partial charge is 0.497 e. The van der Waals surface area contributed by atoms with Gasteiger partial charge in [0.15, 0.2) is 0 Å². The Hall–Kier alpha value is -3.00. The predicted octanol–water partition coefficient (Wildman–Crippen LogP) is 3.78. The molecule has 2 amide bonds. The van der Waals surface area contributed by atoms with E-state index in [1.54, 1.807) is 18.1 Å². The smallest absolute Gasteiger partial charge is 0.321 e. The molecule has 2 aromatic carbocycles. The molecule has 0 bridgehead atoms. The molecule has 5 nitrogen and oxygen atoms in total. The van der Waals surface area contributed by atoms with Gasteiger partial charge >= 0.3 is 6.03 Å². The molecule has 25 heavy (non-hydrogen) atoms. The third kappa shape index (κ3) is 3.58. The highest BCUT2D eigenvalue weighted by Crippen LogP contribution is 2.35. The molecule has 0 aromatic heterocycles. The first-order valence-electron chi connectivity index (χ1n) is 8.34. The lowest BCUT2D eigenvalue weighted by atomic mass is 9.74. The van der Waals surface area contributed by atoms with E-state index < -0.39 is 5.41 Å². The van der Waals surface area contributed by atoms with Crippen LogP contribution in [0.5, 0.6) is 5.75 Å². The van der Waals surface area contributed by atoms with Crippen LogP contribution in [0.15, 0.2) is 54.6 Å². The number of nitrogens with zero attached hydrogens (tertiary/aromatic N) is 2. The van der Waals surface area contributed by atoms with Crippen LogP contribution in [0.25, 0.3) is 0 Å². The summed E-state index contributed by atoms with van der Waals surface area (Å²) in [5.74, 6) is 0.698. The summed E-state index contributed by atoms with van der Waals surface area (Å²) >= 11 is 0. The zero-order valence-corrected chi connectivity index (χ0v) is 14.2. The Balaban J connectivity index is 1.65. The Bertz CT molecular complexity index is 775. The van der Waals surface area contributed by atoms with Crippen molar-refractivity contribution in [2.24, 2.45) is 0 Å². The van der Waals surface area contributed by atoms with Crippen LogP contribution in [0.2, 0.25) is 0 Å². The van der Waals surface area contributed by atoms with Crippen LogP contribution in [0, 0.1) is 11.3 Å². The number of likely N-dealkylation sites (tertiary alicyclic amines) is 1. The summed E-state index contributed by atoms with van der Waals surface area (Å²) in [6.07, 6.45) is 1.28. The van der Waals surface area contributed by atoms with Gasteiger partial charge in [-0.25, -0.2) is 4.79 Å². The number of ether oxygens (including phenoxy) is 1. The van der Waals surface area contributed by atoms with Crippen molar-refractivity contribution in [3.63, 3.8) is 0 Å². The maximum Gasteiger partial charge on any atom is 0.321 e. The lowest BCUT2D eigenvalue weighted by Gasteiger charge is -2.37. The fourth-order valence-electron chi connectivity index (χ4n) is 3.22. The third-order valence-electron chi connectivity index (χ3n) is 4.77. The molecule has 1 N–H and O–H groups in total. The molecule has 0 radical (unpaired) electrons. The van der Waals surface area contributed by atoms with Crippen molar-refractivity contribution in [3.8, 4) is 11.8 Å². The molecule has 0 aliphatic carbocycles. The summed E-state index contributed by atoms with van der Waals surface area (Å²) in [6, 6.07) is 19.5. The summed E-state index contributed by atoms with van der Waals surface area (Å²) in [7, 11) is 1.59. The Morgan fingerprint density at radius 2 is 1.88 bits per heavy atom. The van der Waals surface area contributed by atoms with E-state index in [0.29, 0.717) is 37.4 Å².